The van der Waals surface area contributed by atoms with Gasteiger partial charge in [0.25, 0.3) is 0 Å². The standard InChI is InChI=1S/C24H33N3O4S/c1-19(2)31-23-11-9-22(10-12-23)27(32(3,29)30)18-24(28)25-16-20-7-6-8-21(15-20)17-26-13-4-5-14-26/h6-12,15,19H,4-5,13-14,16-18H2,1-3H3,(H,25,28). The van der Waals surface area contributed by atoms with Crippen LogP contribution in [0.4, 0.5) is 5.69 Å². The van der Waals surface area contributed by atoms with Gasteiger partial charge >= 0.3 is 0 Å². The van der Waals surface area contributed by atoms with Crippen molar-refractivity contribution in [3.05, 3.63) is 59.7 Å². The summed E-state index contributed by atoms with van der Waals surface area (Å²) in [6, 6.07) is 14.9. The van der Waals surface area contributed by atoms with Crippen LogP contribution in [0.5, 0.6) is 5.75 Å². The van der Waals surface area contributed by atoms with Crippen LogP contribution in [0, 0.1) is 0 Å². The molecule has 1 fully saturated rings. The lowest BCUT2D eigenvalue weighted by Crippen LogP contribution is -2.40. The Bertz CT molecular complexity index is 1000. The van der Waals surface area contributed by atoms with Crippen LogP contribution in [0.15, 0.2) is 48.5 Å². The molecular formula is C24H33N3O4S. The lowest BCUT2D eigenvalue weighted by atomic mass is 10.1. The fraction of sp³-hybridized carbons (Fsp3) is 0.458. The molecular weight excluding hydrogens is 426 g/mol. The van der Waals surface area contributed by atoms with Crippen molar-refractivity contribution in [2.75, 3.05) is 30.2 Å². The first-order valence-electron chi connectivity index (χ1n) is 11.0. The number of benzene rings is 2. The third-order valence-electron chi connectivity index (χ3n) is 5.27. The van der Waals surface area contributed by atoms with Crippen LogP contribution in [0.25, 0.3) is 0 Å². The quantitative estimate of drug-likeness (QED) is 0.591. The molecule has 1 aliphatic heterocycles. The van der Waals surface area contributed by atoms with E-state index in [1.54, 1.807) is 24.3 Å². The molecule has 0 radical (unpaired) electrons. The van der Waals surface area contributed by atoms with E-state index in [1.165, 1.54) is 18.4 Å². The zero-order chi connectivity index (χ0) is 23.1. The normalized spacial score (nSPS) is 14.5. The maximum Gasteiger partial charge on any atom is 0.241 e. The highest BCUT2D eigenvalue weighted by atomic mass is 32.2. The van der Waals surface area contributed by atoms with Crippen molar-refractivity contribution >= 4 is 21.6 Å². The number of anilines is 1. The molecule has 0 atom stereocenters. The van der Waals surface area contributed by atoms with Crippen LogP contribution in [-0.2, 0) is 27.9 Å². The lowest BCUT2D eigenvalue weighted by molar-refractivity contribution is -0.119. The number of likely N-dealkylation sites (tertiary alicyclic amines) is 1. The first-order chi connectivity index (χ1) is 15.2. The highest BCUT2D eigenvalue weighted by Gasteiger charge is 2.21. The Kier molecular flexibility index (Phi) is 8.15. The number of hydrogen-bond acceptors (Lipinski definition) is 5. The van der Waals surface area contributed by atoms with Gasteiger partial charge in [-0.05, 0) is 75.2 Å². The third kappa shape index (κ3) is 7.24. The molecule has 2 aromatic carbocycles. The Morgan fingerprint density at radius 3 is 2.38 bits per heavy atom. The van der Waals surface area contributed by atoms with Gasteiger partial charge in [-0.2, -0.15) is 0 Å². The molecule has 1 N–H and O–H groups in total. The molecule has 0 unspecified atom stereocenters. The predicted octanol–water partition coefficient (Wildman–Crippen LogP) is 3.15. The molecule has 32 heavy (non-hydrogen) atoms. The molecule has 1 heterocycles. The summed E-state index contributed by atoms with van der Waals surface area (Å²) >= 11 is 0. The summed E-state index contributed by atoms with van der Waals surface area (Å²) in [5, 5.41) is 2.85. The summed E-state index contributed by atoms with van der Waals surface area (Å²) in [7, 11) is -3.63. The van der Waals surface area contributed by atoms with Gasteiger partial charge in [0.05, 0.1) is 18.0 Å². The molecule has 174 valence electrons. The molecule has 1 aliphatic rings. The van der Waals surface area contributed by atoms with Gasteiger partial charge in [-0.1, -0.05) is 24.3 Å². The molecule has 1 amide bonds. The largest absolute Gasteiger partial charge is 0.491 e. The van der Waals surface area contributed by atoms with E-state index >= 15 is 0 Å². The van der Waals surface area contributed by atoms with Crippen LogP contribution in [0.2, 0.25) is 0 Å². The minimum absolute atomic E-state index is 0.0199. The number of rotatable bonds is 10. The lowest BCUT2D eigenvalue weighted by Gasteiger charge is -2.22. The van der Waals surface area contributed by atoms with Gasteiger partial charge in [0.15, 0.2) is 0 Å². The van der Waals surface area contributed by atoms with Crippen molar-refractivity contribution in [2.24, 2.45) is 0 Å². The van der Waals surface area contributed by atoms with E-state index in [4.69, 9.17) is 4.74 Å². The van der Waals surface area contributed by atoms with Crippen molar-refractivity contribution in [1.82, 2.24) is 10.2 Å². The third-order valence-corrected chi connectivity index (χ3v) is 6.41. The van der Waals surface area contributed by atoms with Crippen LogP contribution >= 0.6 is 0 Å². The second-order valence-electron chi connectivity index (χ2n) is 8.51. The van der Waals surface area contributed by atoms with Crippen LogP contribution in [-0.4, -0.2) is 51.2 Å². The Morgan fingerprint density at radius 1 is 1.09 bits per heavy atom. The van der Waals surface area contributed by atoms with Gasteiger partial charge in [0.1, 0.15) is 12.3 Å². The van der Waals surface area contributed by atoms with E-state index in [1.807, 2.05) is 26.0 Å². The maximum atomic E-state index is 12.6. The summed E-state index contributed by atoms with van der Waals surface area (Å²) < 4.78 is 31.4. The highest BCUT2D eigenvalue weighted by molar-refractivity contribution is 7.92. The van der Waals surface area contributed by atoms with Crippen molar-refractivity contribution in [1.29, 1.82) is 0 Å². The van der Waals surface area contributed by atoms with E-state index in [2.05, 4.69) is 22.3 Å². The van der Waals surface area contributed by atoms with E-state index in [0.717, 1.165) is 35.8 Å². The van der Waals surface area contributed by atoms with Crippen molar-refractivity contribution in [2.45, 2.75) is 45.9 Å². The molecule has 7 nitrogen and oxygen atoms in total. The Labute approximate surface area is 191 Å². The van der Waals surface area contributed by atoms with E-state index in [-0.39, 0.29) is 18.6 Å². The molecule has 0 aliphatic carbocycles. The second kappa shape index (κ2) is 10.8. The minimum Gasteiger partial charge on any atom is -0.491 e. The van der Waals surface area contributed by atoms with Gasteiger partial charge in [0.2, 0.25) is 15.9 Å². The number of carbonyl (C=O) groups is 1. The topological polar surface area (TPSA) is 79.0 Å². The van der Waals surface area contributed by atoms with E-state index < -0.39 is 10.0 Å². The second-order valence-corrected chi connectivity index (χ2v) is 10.4. The summed E-state index contributed by atoms with van der Waals surface area (Å²) in [6.45, 7) is 7.09. The molecule has 2 aromatic rings. The van der Waals surface area contributed by atoms with Crippen LogP contribution in [0.3, 0.4) is 0 Å². The highest BCUT2D eigenvalue weighted by Crippen LogP contribution is 2.22. The first kappa shape index (κ1) is 24.1. The summed E-state index contributed by atoms with van der Waals surface area (Å²) in [6.07, 6.45) is 3.62. The molecule has 8 heteroatoms. The van der Waals surface area contributed by atoms with Gasteiger partial charge < -0.3 is 10.1 Å². The Morgan fingerprint density at radius 2 is 1.75 bits per heavy atom. The molecule has 0 spiro atoms. The van der Waals surface area contributed by atoms with Gasteiger partial charge in [0, 0.05) is 13.1 Å². The van der Waals surface area contributed by atoms with E-state index in [9.17, 15) is 13.2 Å². The fourth-order valence-corrected chi connectivity index (χ4v) is 4.64. The molecule has 0 saturated carbocycles. The van der Waals surface area contributed by atoms with Crippen LogP contribution < -0.4 is 14.4 Å². The Hall–Kier alpha value is -2.58. The number of nitrogens with one attached hydrogen (secondary N) is 1. The molecule has 0 bridgehead atoms. The molecule has 3 rings (SSSR count). The van der Waals surface area contributed by atoms with E-state index in [0.29, 0.717) is 18.0 Å². The predicted molar refractivity (Wildman–Crippen MR) is 127 cm³/mol. The minimum atomic E-state index is -3.63. The smallest absolute Gasteiger partial charge is 0.241 e. The van der Waals surface area contributed by atoms with Gasteiger partial charge in [-0.25, -0.2) is 8.42 Å². The number of carbonyl (C=O) groups excluding carboxylic acids is 1. The maximum absolute atomic E-state index is 12.6. The number of sulfonamides is 1. The van der Waals surface area contributed by atoms with Gasteiger partial charge in [-0.3, -0.25) is 14.0 Å². The monoisotopic (exact) mass is 459 g/mol. The number of nitrogens with zero attached hydrogens (tertiary/aromatic N) is 2. The average Bonchev–Trinajstić information content (AvgIpc) is 3.23. The zero-order valence-electron chi connectivity index (χ0n) is 19.1. The fourth-order valence-electron chi connectivity index (χ4n) is 3.79. The summed E-state index contributed by atoms with van der Waals surface area (Å²) in [5.74, 6) is 0.290. The van der Waals surface area contributed by atoms with Crippen molar-refractivity contribution < 1.29 is 17.9 Å². The number of ether oxygens (including phenoxy) is 1. The molecule has 1 saturated heterocycles. The van der Waals surface area contributed by atoms with Crippen molar-refractivity contribution in [3.8, 4) is 5.75 Å². The first-order valence-corrected chi connectivity index (χ1v) is 12.9. The van der Waals surface area contributed by atoms with Gasteiger partial charge in [-0.15, -0.1) is 0 Å². The number of hydrogen-bond donors (Lipinski definition) is 1. The molecule has 0 aromatic heterocycles. The summed E-state index contributed by atoms with van der Waals surface area (Å²) in [4.78, 5) is 15.0. The number of amides is 1. The summed E-state index contributed by atoms with van der Waals surface area (Å²) in [5.41, 5.74) is 2.64. The Balaban J connectivity index is 1.60. The van der Waals surface area contributed by atoms with Crippen molar-refractivity contribution in [3.63, 3.8) is 0 Å². The zero-order valence-corrected chi connectivity index (χ0v) is 19.9. The average molecular weight is 460 g/mol. The SMILES string of the molecule is CC(C)Oc1ccc(N(CC(=O)NCc2cccc(CN3CCCC3)c2)S(C)(=O)=O)cc1. The van der Waals surface area contributed by atoms with Crippen LogP contribution in [0.1, 0.15) is 37.8 Å².